The monoisotopic (exact) mass is 277 g/mol. The van der Waals surface area contributed by atoms with Crippen LogP contribution in [0.4, 0.5) is 5.69 Å². The summed E-state index contributed by atoms with van der Waals surface area (Å²) < 4.78 is 31.0. The third-order valence-electron chi connectivity index (χ3n) is 2.18. The zero-order chi connectivity index (χ0) is 13.1. The topological polar surface area (TPSA) is 55.4 Å². The van der Waals surface area contributed by atoms with Crippen molar-refractivity contribution in [1.82, 2.24) is 0 Å². The molecule has 0 unspecified atom stereocenters. The van der Waals surface area contributed by atoms with E-state index in [9.17, 15) is 8.42 Å². The van der Waals surface area contributed by atoms with E-state index >= 15 is 0 Å². The minimum Gasteiger partial charge on any atom is -0.494 e. The van der Waals surface area contributed by atoms with Gasteiger partial charge in [0.1, 0.15) is 5.75 Å². The lowest BCUT2D eigenvalue weighted by atomic mass is 10.2. The first kappa shape index (κ1) is 14.1. The Morgan fingerprint density at radius 2 is 2.06 bits per heavy atom. The Hall–Kier alpha value is -0.940. The average Bonchev–Trinajstić information content (AvgIpc) is 2.15. The Kier molecular flexibility index (Phi) is 4.65. The normalized spacial score (nSPS) is 11.3. The van der Waals surface area contributed by atoms with Crippen molar-refractivity contribution in [2.45, 2.75) is 20.3 Å². The summed E-state index contributed by atoms with van der Waals surface area (Å²) in [6.45, 7) is 3.61. The fourth-order valence-electron chi connectivity index (χ4n) is 1.56. The van der Waals surface area contributed by atoms with Crippen LogP contribution in [0.15, 0.2) is 12.1 Å². The lowest BCUT2D eigenvalue weighted by molar-refractivity contribution is 0.414. The average molecular weight is 278 g/mol. The number of hydrogen-bond donors (Lipinski definition) is 1. The zero-order valence-electron chi connectivity index (χ0n) is 10.1. The van der Waals surface area contributed by atoms with Crippen LogP contribution < -0.4 is 9.46 Å². The van der Waals surface area contributed by atoms with E-state index in [1.54, 1.807) is 19.1 Å². The van der Waals surface area contributed by atoms with Gasteiger partial charge in [0, 0.05) is 5.02 Å². The van der Waals surface area contributed by atoms with Crippen molar-refractivity contribution in [3.05, 3.63) is 22.7 Å². The number of benzene rings is 1. The molecule has 0 aliphatic rings. The maximum atomic E-state index is 11.7. The van der Waals surface area contributed by atoms with E-state index in [1.165, 1.54) is 7.11 Å². The molecule has 96 valence electrons. The summed E-state index contributed by atoms with van der Waals surface area (Å²) in [5.41, 5.74) is 1.17. The van der Waals surface area contributed by atoms with Gasteiger partial charge in [-0.05, 0) is 31.0 Å². The molecule has 0 saturated heterocycles. The van der Waals surface area contributed by atoms with Gasteiger partial charge in [-0.2, -0.15) is 0 Å². The van der Waals surface area contributed by atoms with Crippen molar-refractivity contribution in [2.75, 3.05) is 17.6 Å². The number of anilines is 1. The lowest BCUT2D eigenvalue weighted by Crippen LogP contribution is -2.16. The Balaban J connectivity index is 3.14. The van der Waals surface area contributed by atoms with Crippen LogP contribution in [-0.4, -0.2) is 21.3 Å². The van der Waals surface area contributed by atoms with Crippen molar-refractivity contribution < 1.29 is 13.2 Å². The van der Waals surface area contributed by atoms with E-state index in [-0.39, 0.29) is 5.75 Å². The van der Waals surface area contributed by atoms with Crippen molar-refractivity contribution in [3.63, 3.8) is 0 Å². The van der Waals surface area contributed by atoms with Gasteiger partial charge in [0.15, 0.2) is 0 Å². The van der Waals surface area contributed by atoms with Crippen molar-refractivity contribution in [3.8, 4) is 5.75 Å². The van der Waals surface area contributed by atoms with Crippen molar-refractivity contribution in [2.24, 2.45) is 0 Å². The van der Waals surface area contributed by atoms with E-state index in [2.05, 4.69) is 4.72 Å². The molecule has 0 fully saturated rings. The molecule has 0 heterocycles. The molecule has 0 aromatic heterocycles. The molecule has 0 amide bonds. The molecule has 1 N–H and O–H groups in total. The van der Waals surface area contributed by atoms with Gasteiger partial charge in [0.05, 0.1) is 18.6 Å². The Bertz CT molecular complexity index is 500. The molecule has 0 atom stereocenters. The van der Waals surface area contributed by atoms with Gasteiger partial charge in [-0.1, -0.05) is 18.5 Å². The summed E-state index contributed by atoms with van der Waals surface area (Å²) in [6.07, 6.45) is 0.553. The highest BCUT2D eigenvalue weighted by Crippen LogP contribution is 2.32. The SMILES string of the molecule is CCCS(=O)(=O)Nc1cc(Cl)cc(C)c1OC. The van der Waals surface area contributed by atoms with Gasteiger partial charge in [-0.15, -0.1) is 0 Å². The summed E-state index contributed by atoms with van der Waals surface area (Å²) in [5, 5.41) is 0.470. The third-order valence-corrected chi connectivity index (χ3v) is 3.88. The first-order valence-electron chi connectivity index (χ1n) is 5.24. The molecule has 0 radical (unpaired) electrons. The van der Waals surface area contributed by atoms with Crippen LogP contribution >= 0.6 is 11.6 Å². The first-order valence-corrected chi connectivity index (χ1v) is 7.27. The molecule has 17 heavy (non-hydrogen) atoms. The minimum atomic E-state index is -3.34. The molecule has 0 bridgehead atoms. The van der Waals surface area contributed by atoms with Crippen LogP contribution in [0.5, 0.6) is 5.75 Å². The number of aryl methyl sites for hydroxylation is 1. The molecule has 0 saturated carbocycles. The van der Waals surface area contributed by atoms with E-state index in [4.69, 9.17) is 16.3 Å². The number of halogens is 1. The second-order valence-corrected chi connectivity index (χ2v) is 6.00. The summed E-state index contributed by atoms with van der Waals surface area (Å²) in [7, 11) is -1.85. The quantitative estimate of drug-likeness (QED) is 0.900. The Morgan fingerprint density at radius 3 is 2.59 bits per heavy atom. The van der Waals surface area contributed by atoms with E-state index in [1.807, 2.05) is 6.92 Å². The molecule has 1 rings (SSSR count). The standard InChI is InChI=1S/C11H16ClNO3S/c1-4-5-17(14,15)13-10-7-9(12)6-8(2)11(10)16-3/h6-7,13H,4-5H2,1-3H3. The number of methoxy groups -OCH3 is 1. The van der Waals surface area contributed by atoms with E-state index in [0.717, 1.165) is 5.56 Å². The molecule has 4 nitrogen and oxygen atoms in total. The van der Waals surface area contributed by atoms with Crippen LogP contribution in [0, 0.1) is 6.92 Å². The van der Waals surface area contributed by atoms with Crippen LogP contribution in [0.2, 0.25) is 5.02 Å². The number of sulfonamides is 1. The van der Waals surface area contributed by atoms with Crippen molar-refractivity contribution in [1.29, 1.82) is 0 Å². The molecule has 0 spiro atoms. The third kappa shape index (κ3) is 3.78. The molecular formula is C11H16ClNO3S. The Labute approximate surface area is 107 Å². The molecule has 1 aromatic carbocycles. The molecule has 1 aromatic rings. The summed E-state index contributed by atoms with van der Waals surface area (Å²) in [4.78, 5) is 0. The van der Waals surface area contributed by atoms with Gasteiger partial charge >= 0.3 is 0 Å². The van der Waals surface area contributed by atoms with E-state index in [0.29, 0.717) is 22.9 Å². The maximum absolute atomic E-state index is 11.7. The van der Waals surface area contributed by atoms with Crippen molar-refractivity contribution >= 4 is 27.3 Å². The highest BCUT2D eigenvalue weighted by molar-refractivity contribution is 7.92. The van der Waals surface area contributed by atoms with Gasteiger partial charge < -0.3 is 4.74 Å². The summed E-state index contributed by atoms with van der Waals surface area (Å²) in [5.74, 6) is 0.566. The summed E-state index contributed by atoms with van der Waals surface area (Å²) >= 11 is 5.89. The fraction of sp³-hybridized carbons (Fsp3) is 0.455. The van der Waals surface area contributed by atoms with Gasteiger partial charge in [-0.25, -0.2) is 8.42 Å². The van der Waals surface area contributed by atoms with Crippen LogP contribution in [-0.2, 0) is 10.0 Å². The van der Waals surface area contributed by atoms with Crippen LogP contribution in [0.25, 0.3) is 0 Å². The smallest absolute Gasteiger partial charge is 0.232 e. The van der Waals surface area contributed by atoms with Gasteiger partial charge in [-0.3, -0.25) is 4.72 Å². The first-order chi connectivity index (χ1) is 7.89. The largest absolute Gasteiger partial charge is 0.494 e. The predicted molar refractivity (Wildman–Crippen MR) is 70.4 cm³/mol. The molecule has 0 aliphatic heterocycles. The fourth-order valence-corrected chi connectivity index (χ4v) is 2.96. The Morgan fingerprint density at radius 1 is 1.41 bits per heavy atom. The second-order valence-electron chi connectivity index (χ2n) is 3.72. The molecule has 6 heteroatoms. The van der Waals surface area contributed by atoms with E-state index < -0.39 is 10.0 Å². The number of ether oxygens (including phenoxy) is 1. The highest BCUT2D eigenvalue weighted by Gasteiger charge is 2.14. The maximum Gasteiger partial charge on any atom is 0.232 e. The van der Waals surface area contributed by atoms with Crippen LogP contribution in [0.1, 0.15) is 18.9 Å². The number of rotatable bonds is 5. The zero-order valence-corrected chi connectivity index (χ0v) is 11.7. The molecule has 0 aliphatic carbocycles. The lowest BCUT2D eigenvalue weighted by Gasteiger charge is -2.14. The van der Waals surface area contributed by atoms with Crippen LogP contribution in [0.3, 0.4) is 0 Å². The van der Waals surface area contributed by atoms with Gasteiger partial charge in [0.2, 0.25) is 10.0 Å². The number of nitrogens with one attached hydrogen (secondary N) is 1. The molecular weight excluding hydrogens is 262 g/mol. The number of hydrogen-bond acceptors (Lipinski definition) is 3. The highest BCUT2D eigenvalue weighted by atomic mass is 35.5. The summed E-state index contributed by atoms with van der Waals surface area (Å²) in [6, 6.07) is 3.26. The second kappa shape index (κ2) is 5.60. The predicted octanol–water partition coefficient (Wildman–Crippen LogP) is 2.81. The van der Waals surface area contributed by atoms with Gasteiger partial charge in [0.25, 0.3) is 0 Å². The minimum absolute atomic E-state index is 0.0711.